The maximum Gasteiger partial charge on any atom is 0.573 e. The molecular weight excluding hydrogens is 853 g/mol. The molecule has 6 aromatic rings. The Balaban J connectivity index is 1.07. The first-order valence-electron chi connectivity index (χ1n) is 20.3. The number of carbonyl (C=O) groups is 2. The Labute approximate surface area is 367 Å². The Kier molecular flexibility index (Phi) is 13.5. The number of aromatic nitrogens is 5. The zero-order valence-electron chi connectivity index (χ0n) is 35.8. The van der Waals surface area contributed by atoms with Crippen molar-refractivity contribution in [2.75, 3.05) is 68.7 Å². The van der Waals surface area contributed by atoms with E-state index in [1.54, 1.807) is 48.5 Å². The molecule has 1 saturated heterocycles. The smallest absolute Gasteiger partial charge is 0.438 e. The van der Waals surface area contributed by atoms with Crippen LogP contribution in [0.1, 0.15) is 42.4 Å². The van der Waals surface area contributed by atoms with Gasteiger partial charge >= 0.3 is 12.4 Å². The molecule has 0 radical (unpaired) electrons. The van der Waals surface area contributed by atoms with E-state index in [0.717, 1.165) is 23.4 Å². The number of amides is 3. The van der Waals surface area contributed by atoms with Crippen LogP contribution in [-0.2, 0) is 20.9 Å². The lowest BCUT2D eigenvalue weighted by Crippen LogP contribution is -2.41. The number of urea groups is 1. The number of nitrogens with one attached hydrogen (secondary N) is 4. The topological polar surface area (TPSA) is 187 Å². The molecule has 1 fully saturated rings. The van der Waals surface area contributed by atoms with Crippen LogP contribution in [0.25, 0.3) is 16.6 Å². The molecule has 3 aromatic carbocycles. The van der Waals surface area contributed by atoms with Gasteiger partial charge in [-0.05, 0) is 67.4 Å². The van der Waals surface area contributed by atoms with Gasteiger partial charge in [0.2, 0.25) is 11.8 Å². The molecule has 3 amide bonds. The van der Waals surface area contributed by atoms with E-state index in [-0.39, 0.29) is 35.0 Å². The van der Waals surface area contributed by atoms with Gasteiger partial charge in [-0.2, -0.15) is 10.1 Å². The van der Waals surface area contributed by atoms with Crippen molar-refractivity contribution in [1.29, 1.82) is 0 Å². The van der Waals surface area contributed by atoms with E-state index < -0.39 is 31.2 Å². The van der Waals surface area contributed by atoms with Crippen LogP contribution in [0, 0.1) is 0 Å². The first kappa shape index (κ1) is 45.5. The quantitative estimate of drug-likeness (QED) is 0.0763. The third kappa shape index (κ3) is 12.3. The van der Waals surface area contributed by atoms with E-state index >= 15 is 0 Å². The molecule has 3 aromatic heterocycles. The number of pyridine rings is 1. The summed E-state index contributed by atoms with van der Waals surface area (Å²) in [6, 6.07) is 20.4. The summed E-state index contributed by atoms with van der Waals surface area (Å²) in [5.41, 5.74) is 2.74. The Hall–Kier alpha value is -6.56. The monoisotopic (exact) mass is 900 g/mol. The predicted molar refractivity (Wildman–Crippen MR) is 238 cm³/mol. The average molecular weight is 901 g/mol. The number of alkyl halides is 3. The van der Waals surface area contributed by atoms with Crippen molar-refractivity contribution in [2.45, 2.75) is 38.7 Å². The van der Waals surface area contributed by atoms with Crippen molar-refractivity contribution < 1.29 is 41.5 Å². The number of hydrogen-bond acceptors (Lipinski definition) is 12. The summed E-state index contributed by atoms with van der Waals surface area (Å²) >= 11 is 0. The number of rotatable bonds is 14. The highest BCUT2D eigenvalue weighted by molar-refractivity contribution is 7.61. The third-order valence-electron chi connectivity index (χ3n) is 9.74. The fourth-order valence-corrected chi connectivity index (χ4v) is 7.89. The fourth-order valence-electron chi connectivity index (χ4n) is 6.82. The Bertz CT molecular complexity index is 2700. The van der Waals surface area contributed by atoms with Gasteiger partial charge in [-0.15, -0.1) is 13.2 Å². The Morgan fingerprint density at radius 2 is 1.70 bits per heavy atom. The third-order valence-corrected chi connectivity index (χ3v) is 10.9. The molecule has 4 N–H and O–H groups in total. The molecule has 336 valence electrons. The van der Waals surface area contributed by atoms with Gasteiger partial charge in [0, 0.05) is 85.0 Å². The van der Waals surface area contributed by atoms with Crippen molar-refractivity contribution in [3.05, 3.63) is 108 Å². The van der Waals surface area contributed by atoms with Gasteiger partial charge in [-0.3, -0.25) is 20.0 Å². The van der Waals surface area contributed by atoms with Gasteiger partial charge in [0.15, 0.2) is 0 Å². The molecule has 0 saturated carbocycles. The van der Waals surface area contributed by atoms with Crippen LogP contribution in [0.4, 0.5) is 41.1 Å². The lowest BCUT2D eigenvalue weighted by molar-refractivity contribution is -0.274. The molecule has 7 rings (SSSR count). The van der Waals surface area contributed by atoms with Gasteiger partial charge in [0.1, 0.15) is 17.3 Å². The number of fused-ring (bicyclic) bond motifs is 1. The van der Waals surface area contributed by atoms with Gasteiger partial charge in [0.05, 0.1) is 42.9 Å². The zero-order chi connectivity index (χ0) is 45.6. The molecule has 0 bridgehead atoms. The SMILES string of the molecule is CC(C)(C)c1cc(NC(=O)Nc2ccc(Oc3ccnc(Nc4cc(OC(F)(F)F)cc(C(=O)NCCN5CCOCC5)c4)n3)c3cccnc23)n(-c2cccc(CP(C)(C)=O)c2)n1. The highest BCUT2D eigenvalue weighted by Gasteiger charge is 2.32. The maximum atomic E-state index is 13.7. The summed E-state index contributed by atoms with van der Waals surface area (Å²) in [6.07, 6.45) is -1.63. The number of morpholine rings is 1. The van der Waals surface area contributed by atoms with E-state index in [9.17, 15) is 27.3 Å². The van der Waals surface area contributed by atoms with Gasteiger partial charge in [-0.1, -0.05) is 32.9 Å². The van der Waals surface area contributed by atoms with Crippen LogP contribution in [0.2, 0.25) is 0 Å². The molecule has 0 spiro atoms. The van der Waals surface area contributed by atoms with Crippen LogP contribution < -0.4 is 30.7 Å². The minimum Gasteiger partial charge on any atom is -0.438 e. The minimum absolute atomic E-state index is 0.0472. The lowest BCUT2D eigenvalue weighted by Gasteiger charge is -2.26. The summed E-state index contributed by atoms with van der Waals surface area (Å²) in [5.74, 6) is -0.446. The van der Waals surface area contributed by atoms with E-state index in [2.05, 4.69) is 45.9 Å². The molecule has 0 atom stereocenters. The number of halogens is 3. The number of ether oxygens (including phenoxy) is 3. The summed E-state index contributed by atoms with van der Waals surface area (Å²) in [5, 5.41) is 16.8. The second-order valence-electron chi connectivity index (χ2n) is 16.5. The number of anilines is 4. The average Bonchev–Trinajstić information content (AvgIpc) is 3.65. The Morgan fingerprint density at radius 3 is 2.45 bits per heavy atom. The number of nitrogens with zero attached hydrogens (tertiary/aromatic N) is 6. The zero-order valence-corrected chi connectivity index (χ0v) is 36.7. The maximum absolute atomic E-state index is 13.7. The predicted octanol–water partition coefficient (Wildman–Crippen LogP) is 8.77. The van der Waals surface area contributed by atoms with Crippen molar-refractivity contribution in [2.24, 2.45) is 0 Å². The minimum atomic E-state index is -5.01. The second kappa shape index (κ2) is 19.0. The van der Waals surface area contributed by atoms with Gasteiger partial charge in [-0.25, -0.2) is 14.5 Å². The Morgan fingerprint density at radius 1 is 0.906 bits per heavy atom. The molecule has 1 aliphatic heterocycles. The van der Waals surface area contributed by atoms with Crippen LogP contribution >= 0.6 is 7.14 Å². The van der Waals surface area contributed by atoms with E-state index in [1.165, 1.54) is 18.3 Å². The summed E-state index contributed by atoms with van der Waals surface area (Å²) in [6.45, 7) is 13.0. The molecule has 0 unspecified atom stereocenters. The van der Waals surface area contributed by atoms with Gasteiger partial charge in [0.25, 0.3) is 5.91 Å². The molecule has 4 heterocycles. The summed E-state index contributed by atoms with van der Waals surface area (Å²) < 4.78 is 69.9. The van der Waals surface area contributed by atoms with Gasteiger partial charge < -0.3 is 34.7 Å². The van der Waals surface area contributed by atoms with Crippen LogP contribution in [-0.4, -0.2) is 101 Å². The highest BCUT2D eigenvalue weighted by atomic mass is 31.2. The van der Waals surface area contributed by atoms with Crippen molar-refractivity contribution >= 4 is 53.1 Å². The standard InChI is InChI=1S/C44H48F3N10O6P/c1-43(2,3)36-26-37(57(55-36)31-9-6-8-28(22-31)27-64(4,5)60)53-42(59)52-34-11-12-35(33-10-7-14-48-39(33)34)62-38-13-15-50-41(54-38)51-30-23-29(24-32(25-30)63-44(45,46)47)40(58)49-16-17-56-18-20-61-21-19-56/h6-15,22-26H,16-21,27H2,1-5H3,(H,49,58)(H,50,51,54)(H2,52,53,59). The molecule has 0 aliphatic carbocycles. The molecular formula is C44H48F3N10O6P. The lowest BCUT2D eigenvalue weighted by atomic mass is 9.92. The first-order valence-corrected chi connectivity index (χ1v) is 23.1. The van der Waals surface area contributed by atoms with E-state index in [0.29, 0.717) is 72.9 Å². The van der Waals surface area contributed by atoms with Crippen LogP contribution in [0.5, 0.6) is 17.4 Å². The largest absolute Gasteiger partial charge is 0.573 e. The van der Waals surface area contributed by atoms with E-state index in [1.807, 2.05) is 51.1 Å². The fraction of sp³-hybridized carbons (Fsp3) is 0.318. The molecule has 64 heavy (non-hydrogen) atoms. The number of carbonyl (C=O) groups excluding carboxylic acids is 2. The van der Waals surface area contributed by atoms with Crippen LogP contribution in [0.3, 0.4) is 0 Å². The number of hydrogen-bond donors (Lipinski definition) is 4. The molecule has 16 nitrogen and oxygen atoms in total. The van der Waals surface area contributed by atoms with E-state index in [4.69, 9.17) is 14.6 Å². The highest BCUT2D eigenvalue weighted by Crippen LogP contribution is 2.41. The normalized spacial score (nSPS) is 13.6. The van der Waals surface area contributed by atoms with Crippen molar-refractivity contribution in [1.82, 2.24) is 34.9 Å². The first-order chi connectivity index (χ1) is 30.3. The summed E-state index contributed by atoms with van der Waals surface area (Å²) in [4.78, 5) is 42.0. The summed E-state index contributed by atoms with van der Waals surface area (Å²) in [7, 11) is -2.35. The van der Waals surface area contributed by atoms with Crippen LogP contribution in [0.15, 0.2) is 91.3 Å². The van der Waals surface area contributed by atoms with Crippen molar-refractivity contribution in [3.8, 4) is 23.1 Å². The molecule has 20 heteroatoms. The number of benzene rings is 3. The second-order valence-corrected chi connectivity index (χ2v) is 20.0. The van der Waals surface area contributed by atoms with Crippen molar-refractivity contribution in [3.63, 3.8) is 0 Å². The molecule has 1 aliphatic rings.